The molecular formula is C21H34N2O3. The zero-order valence-corrected chi connectivity index (χ0v) is 16.5. The molecule has 0 spiro atoms. The van der Waals surface area contributed by atoms with Gasteiger partial charge in [0.1, 0.15) is 0 Å². The molecule has 5 nitrogen and oxygen atoms in total. The van der Waals surface area contributed by atoms with Gasteiger partial charge in [0.15, 0.2) is 11.5 Å². The van der Waals surface area contributed by atoms with Gasteiger partial charge in [0.05, 0.1) is 20.3 Å². The number of amides is 1. The summed E-state index contributed by atoms with van der Waals surface area (Å²) in [4.78, 5) is 14.3. The fourth-order valence-corrected chi connectivity index (χ4v) is 3.83. The molecule has 1 saturated carbocycles. The second kappa shape index (κ2) is 10.4. The molecule has 2 rings (SSSR count). The van der Waals surface area contributed by atoms with Gasteiger partial charge in [-0.25, -0.2) is 0 Å². The third kappa shape index (κ3) is 5.90. The Morgan fingerprint density at radius 3 is 2.54 bits per heavy atom. The third-order valence-electron chi connectivity index (χ3n) is 5.41. The number of carbonyl (C=O) groups is 1. The molecule has 5 heteroatoms. The number of aryl methyl sites for hydroxylation is 1. The molecule has 1 aliphatic rings. The van der Waals surface area contributed by atoms with E-state index in [1.54, 1.807) is 19.1 Å². The van der Waals surface area contributed by atoms with E-state index in [4.69, 9.17) is 15.2 Å². The summed E-state index contributed by atoms with van der Waals surface area (Å²) in [5.74, 6) is 2.17. The number of carbonyl (C=O) groups excluding carboxylic acids is 1. The lowest BCUT2D eigenvalue weighted by molar-refractivity contribution is -0.131. The zero-order chi connectivity index (χ0) is 18.9. The van der Waals surface area contributed by atoms with Gasteiger partial charge in [-0.05, 0) is 42.9 Å². The quantitative estimate of drug-likeness (QED) is 0.731. The number of nitrogens with two attached hydrogens (primary N) is 1. The van der Waals surface area contributed by atoms with Crippen molar-refractivity contribution >= 4 is 5.91 Å². The van der Waals surface area contributed by atoms with Crippen LogP contribution < -0.4 is 15.2 Å². The van der Waals surface area contributed by atoms with Crippen LogP contribution in [0.25, 0.3) is 0 Å². The molecule has 0 aliphatic heterocycles. The van der Waals surface area contributed by atoms with Crippen LogP contribution in [0.1, 0.15) is 50.5 Å². The first-order valence-electron chi connectivity index (χ1n) is 9.76. The molecule has 1 aromatic rings. The molecule has 1 unspecified atom stereocenters. The highest BCUT2D eigenvalue weighted by atomic mass is 16.5. The van der Waals surface area contributed by atoms with Crippen LogP contribution in [0.3, 0.4) is 0 Å². The van der Waals surface area contributed by atoms with Gasteiger partial charge in [-0.1, -0.05) is 38.2 Å². The van der Waals surface area contributed by atoms with Gasteiger partial charge < -0.3 is 20.1 Å². The maximum atomic E-state index is 12.5. The van der Waals surface area contributed by atoms with E-state index in [0.29, 0.717) is 12.5 Å². The molecule has 0 aromatic heterocycles. The molecule has 0 heterocycles. The molecule has 0 radical (unpaired) electrons. The van der Waals surface area contributed by atoms with Crippen LogP contribution in [0, 0.1) is 5.92 Å². The maximum absolute atomic E-state index is 12.5. The van der Waals surface area contributed by atoms with Crippen LogP contribution in [-0.2, 0) is 11.2 Å². The van der Waals surface area contributed by atoms with Gasteiger partial charge in [-0.15, -0.1) is 0 Å². The molecule has 1 aliphatic carbocycles. The minimum atomic E-state index is -0.357. The summed E-state index contributed by atoms with van der Waals surface area (Å²) < 4.78 is 10.6. The monoisotopic (exact) mass is 362 g/mol. The number of likely N-dealkylation sites (N-methyl/N-ethyl adjacent to an activating group) is 1. The molecule has 26 heavy (non-hydrogen) atoms. The lowest BCUT2D eigenvalue weighted by atomic mass is 9.85. The largest absolute Gasteiger partial charge is 0.493 e. The van der Waals surface area contributed by atoms with E-state index < -0.39 is 0 Å². The Morgan fingerprint density at radius 2 is 1.88 bits per heavy atom. The predicted octanol–water partition coefficient (Wildman–Crippen LogP) is 3.39. The van der Waals surface area contributed by atoms with Crippen LogP contribution in [-0.4, -0.2) is 44.7 Å². The lowest BCUT2D eigenvalue weighted by Gasteiger charge is -2.26. The first-order chi connectivity index (χ1) is 12.5. The van der Waals surface area contributed by atoms with E-state index in [-0.39, 0.29) is 11.9 Å². The first-order valence-corrected chi connectivity index (χ1v) is 9.76. The van der Waals surface area contributed by atoms with Crippen LogP contribution in [0.15, 0.2) is 18.2 Å². The van der Waals surface area contributed by atoms with Crippen molar-refractivity contribution in [3.8, 4) is 11.5 Å². The number of rotatable bonds is 9. The van der Waals surface area contributed by atoms with Crippen molar-refractivity contribution < 1.29 is 14.3 Å². The van der Waals surface area contributed by atoms with Crippen LogP contribution >= 0.6 is 0 Å². The molecule has 0 bridgehead atoms. The van der Waals surface area contributed by atoms with Gasteiger partial charge in [-0.2, -0.15) is 0 Å². The number of ether oxygens (including phenoxy) is 2. The first kappa shape index (κ1) is 20.6. The summed E-state index contributed by atoms with van der Waals surface area (Å²) in [6.45, 7) is 0.714. The Labute approximate surface area is 157 Å². The van der Waals surface area contributed by atoms with Crippen molar-refractivity contribution in [3.63, 3.8) is 0 Å². The smallest absolute Gasteiger partial charge is 0.239 e. The van der Waals surface area contributed by atoms with Crippen molar-refractivity contribution in [2.45, 2.75) is 57.4 Å². The van der Waals surface area contributed by atoms with Crippen molar-refractivity contribution in [2.75, 3.05) is 27.8 Å². The normalized spacial score (nSPS) is 16.2. The number of nitrogens with zero attached hydrogens (tertiary/aromatic N) is 1. The SMILES string of the molecule is COc1ccc(CCCN(C)C(=O)C(N)CC2CCCCC2)cc1OC. The van der Waals surface area contributed by atoms with Gasteiger partial charge in [0.2, 0.25) is 5.91 Å². The maximum Gasteiger partial charge on any atom is 0.239 e. The summed E-state index contributed by atoms with van der Waals surface area (Å²) in [6, 6.07) is 5.60. The van der Waals surface area contributed by atoms with Crippen LogP contribution in [0.5, 0.6) is 11.5 Å². The lowest BCUT2D eigenvalue weighted by Crippen LogP contribution is -2.43. The average Bonchev–Trinajstić information content (AvgIpc) is 2.67. The van der Waals surface area contributed by atoms with Crippen LogP contribution in [0.4, 0.5) is 0 Å². The Morgan fingerprint density at radius 1 is 1.19 bits per heavy atom. The van der Waals surface area contributed by atoms with E-state index in [1.165, 1.54) is 37.7 Å². The van der Waals surface area contributed by atoms with Crippen molar-refractivity contribution in [1.82, 2.24) is 4.90 Å². The Kier molecular flexibility index (Phi) is 8.23. The fourth-order valence-electron chi connectivity index (χ4n) is 3.83. The Bertz CT molecular complexity index is 570. The fraction of sp³-hybridized carbons (Fsp3) is 0.667. The van der Waals surface area contributed by atoms with Crippen molar-refractivity contribution in [3.05, 3.63) is 23.8 Å². The highest BCUT2D eigenvalue weighted by molar-refractivity contribution is 5.81. The molecule has 1 aromatic carbocycles. The standard InChI is InChI=1S/C21H34N2O3/c1-23(21(24)18(22)14-16-8-5-4-6-9-16)13-7-10-17-11-12-19(25-2)20(15-17)26-3/h11-12,15-16,18H,4-10,13-14,22H2,1-3H3. The van der Waals surface area contributed by atoms with Crippen LogP contribution in [0.2, 0.25) is 0 Å². The molecule has 1 amide bonds. The second-order valence-corrected chi connectivity index (χ2v) is 7.40. The molecule has 1 atom stereocenters. The molecule has 1 fully saturated rings. The number of methoxy groups -OCH3 is 2. The second-order valence-electron chi connectivity index (χ2n) is 7.40. The van der Waals surface area contributed by atoms with E-state index in [0.717, 1.165) is 30.8 Å². The minimum absolute atomic E-state index is 0.0721. The molecule has 146 valence electrons. The number of hydrogen-bond donors (Lipinski definition) is 1. The van der Waals surface area contributed by atoms with Gasteiger partial charge in [-0.3, -0.25) is 4.79 Å². The summed E-state index contributed by atoms with van der Waals surface area (Å²) in [5, 5.41) is 0. The Hall–Kier alpha value is -1.75. The zero-order valence-electron chi connectivity index (χ0n) is 16.5. The minimum Gasteiger partial charge on any atom is -0.493 e. The molecule has 0 saturated heterocycles. The van der Waals surface area contributed by atoms with Gasteiger partial charge >= 0.3 is 0 Å². The summed E-state index contributed by atoms with van der Waals surface area (Å²) in [6.07, 6.45) is 8.96. The summed E-state index contributed by atoms with van der Waals surface area (Å²) >= 11 is 0. The highest BCUT2D eigenvalue weighted by Gasteiger charge is 2.23. The average molecular weight is 363 g/mol. The molecular weight excluding hydrogens is 328 g/mol. The Balaban J connectivity index is 1.76. The number of benzene rings is 1. The molecule has 2 N–H and O–H groups in total. The van der Waals surface area contributed by atoms with E-state index >= 15 is 0 Å². The summed E-state index contributed by atoms with van der Waals surface area (Å²) in [5.41, 5.74) is 7.36. The van der Waals surface area contributed by atoms with Crippen molar-refractivity contribution in [1.29, 1.82) is 0 Å². The predicted molar refractivity (Wildman–Crippen MR) is 105 cm³/mol. The topological polar surface area (TPSA) is 64.8 Å². The van der Waals surface area contributed by atoms with E-state index in [2.05, 4.69) is 0 Å². The summed E-state index contributed by atoms with van der Waals surface area (Å²) in [7, 11) is 5.13. The number of hydrogen-bond acceptors (Lipinski definition) is 4. The van der Waals surface area contributed by atoms with Gasteiger partial charge in [0, 0.05) is 13.6 Å². The van der Waals surface area contributed by atoms with E-state index in [1.807, 2.05) is 25.2 Å². The van der Waals surface area contributed by atoms with Crippen molar-refractivity contribution in [2.24, 2.45) is 11.7 Å². The third-order valence-corrected chi connectivity index (χ3v) is 5.41. The highest BCUT2D eigenvalue weighted by Crippen LogP contribution is 2.28. The van der Waals surface area contributed by atoms with Gasteiger partial charge in [0.25, 0.3) is 0 Å². The van der Waals surface area contributed by atoms with E-state index in [9.17, 15) is 4.79 Å².